The molecule has 0 unspecified atom stereocenters. The van der Waals surface area contributed by atoms with Gasteiger partial charge in [0.05, 0.1) is 16.8 Å². The van der Waals surface area contributed by atoms with E-state index in [4.69, 9.17) is 4.74 Å². The number of benzene rings is 1. The Balaban J connectivity index is 2.53. The third-order valence-electron chi connectivity index (χ3n) is 2.44. The van der Waals surface area contributed by atoms with E-state index in [2.05, 4.69) is 20.7 Å². The molecule has 4 nitrogen and oxygen atoms in total. The summed E-state index contributed by atoms with van der Waals surface area (Å²) in [6.07, 6.45) is -4.45. The molecule has 1 aromatic rings. The minimum absolute atomic E-state index is 0.0138. The van der Waals surface area contributed by atoms with Crippen LogP contribution in [0.1, 0.15) is 13.3 Å². The second kappa shape index (κ2) is 7.35. The van der Waals surface area contributed by atoms with E-state index in [-0.39, 0.29) is 28.3 Å². The van der Waals surface area contributed by atoms with Crippen molar-refractivity contribution in [3.63, 3.8) is 0 Å². The van der Waals surface area contributed by atoms with Crippen molar-refractivity contribution in [2.45, 2.75) is 19.7 Å². The predicted molar refractivity (Wildman–Crippen MR) is 75.3 cm³/mol. The SMILES string of the molecule is CCS(=O)(=O)CCCOc1ccc(OC(F)(F)F)c(Br)c1. The van der Waals surface area contributed by atoms with Gasteiger partial charge in [0.2, 0.25) is 0 Å². The Labute approximate surface area is 129 Å². The van der Waals surface area contributed by atoms with Gasteiger partial charge in [0, 0.05) is 5.75 Å². The molecule has 1 rings (SSSR count). The van der Waals surface area contributed by atoms with Gasteiger partial charge in [0.15, 0.2) is 0 Å². The van der Waals surface area contributed by atoms with Gasteiger partial charge in [-0.2, -0.15) is 0 Å². The molecule has 9 heteroatoms. The fourth-order valence-electron chi connectivity index (χ4n) is 1.39. The van der Waals surface area contributed by atoms with Crippen LogP contribution in [0.3, 0.4) is 0 Å². The maximum absolute atomic E-state index is 12.1. The lowest BCUT2D eigenvalue weighted by Gasteiger charge is -2.12. The van der Waals surface area contributed by atoms with Crippen molar-refractivity contribution in [3.8, 4) is 11.5 Å². The lowest BCUT2D eigenvalue weighted by Crippen LogP contribution is -2.17. The molecular weight excluding hydrogens is 377 g/mol. The number of hydrogen-bond donors (Lipinski definition) is 0. The minimum atomic E-state index is -4.76. The third kappa shape index (κ3) is 7.03. The van der Waals surface area contributed by atoms with Crippen LogP contribution in [0.2, 0.25) is 0 Å². The van der Waals surface area contributed by atoms with Gasteiger partial charge in [-0.1, -0.05) is 6.92 Å². The number of alkyl halides is 3. The Morgan fingerprint density at radius 1 is 1.29 bits per heavy atom. The van der Waals surface area contributed by atoms with E-state index >= 15 is 0 Å². The van der Waals surface area contributed by atoms with E-state index in [1.807, 2.05) is 0 Å². The van der Waals surface area contributed by atoms with E-state index in [1.54, 1.807) is 6.92 Å². The van der Waals surface area contributed by atoms with E-state index in [1.165, 1.54) is 12.1 Å². The van der Waals surface area contributed by atoms with Gasteiger partial charge in [-0.05, 0) is 40.5 Å². The van der Waals surface area contributed by atoms with E-state index < -0.39 is 16.2 Å². The lowest BCUT2D eigenvalue weighted by molar-refractivity contribution is -0.274. The van der Waals surface area contributed by atoms with Crippen molar-refractivity contribution in [1.82, 2.24) is 0 Å². The highest BCUT2D eigenvalue weighted by Crippen LogP contribution is 2.33. The van der Waals surface area contributed by atoms with Crippen LogP contribution in [0, 0.1) is 0 Å². The van der Waals surface area contributed by atoms with E-state index in [0.29, 0.717) is 12.2 Å². The van der Waals surface area contributed by atoms with Crippen LogP contribution >= 0.6 is 15.9 Å². The molecule has 0 fully saturated rings. The first-order valence-corrected chi connectivity index (χ1v) is 8.63. The molecule has 120 valence electrons. The monoisotopic (exact) mass is 390 g/mol. The Hall–Kier alpha value is -0.960. The smallest absolute Gasteiger partial charge is 0.494 e. The fraction of sp³-hybridized carbons (Fsp3) is 0.500. The highest BCUT2D eigenvalue weighted by atomic mass is 79.9. The summed E-state index contributed by atoms with van der Waals surface area (Å²) in [5.41, 5.74) is 0. The highest BCUT2D eigenvalue weighted by Gasteiger charge is 2.31. The maximum Gasteiger partial charge on any atom is 0.573 e. The van der Waals surface area contributed by atoms with Crippen LogP contribution < -0.4 is 9.47 Å². The molecule has 0 radical (unpaired) electrons. The summed E-state index contributed by atoms with van der Waals surface area (Å²) in [6, 6.07) is 3.77. The Morgan fingerprint density at radius 2 is 1.95 bits per heavy atom. The second-order valence-corrected chi connectivity index (χ2v) is 7.41. The fourth-order valence-corrected chi connectivity index (χ4v) is 2.68. The molecule has 0 heterocycles. The normalized spacial score (nSPS) is 12.2. The van der Waals surface area contributed by atoms with Crippen LogP contribution in [-0.4, -0.2) is 32.9 Å². The molecule has 0 bridgehead atoms. The van der Waals surface area contributed by atoms with Crippen LogP contribution in [0.25, 0.3) is 0 Å². The number of rotatable bonds is 7. The average molecular weight is 391 g/mol. The molecular formula is C12H14BrF3O4S. The molecule has 0 aliphatic heterocycles. The van der Waals surface area contributed by atoms with E-state index in [0.717, 1.165) is 6.07 Å². The van der Waals surface area contributed by atoms with Gasteiger partial charge in [0.25, 0.3) is 0 Å². The van der Waals surface area contributed by atoms with Gasteiger partial charge in [-0.15, -0.1) is 13.2 Å². The second-order valence-electron chi connectivity index (χ2n) is 4.08. The van der Waals surface area contributed by atoms with Crippen molar-refractivity contribution in [2.24, 2.45) is 0 Å². The highest BCUT2D eigenvalue weighted by molar-refractivity contribution is 9.10. The maximum atomic E-state index is 12.1. The molecule has 0 N–H and O–H groups in total. The zero-order valence-electron chi connectivity index (χ0n) is 11.1. The van der Waals surface area contributed by atoms with Crippen LogP contribution in [0.5, 0.6) is 11.5 Å². The first-order chi connectivity index (χ1) is 9.63. The first kappa shape index (κ1) is 18.1. The van der Waals surface area contributed by atoms with Crippen molar-refractivity contribution in [2.75, 3.05) is 18.1 Å². The van der Waals surface area contributed by atoms with Crippen molar-refractivity contribution >= 4 is 25.8 Å². The summed E-state index contributed by atoms with van der Waals surface area (Å²) in [5.74, 6) is 0.0378. The number of halogens is 4. The summed E-state index contributed by atoms with van der Waals surface area (Å²) in [7, 11) is -3.04. The van der Waals surface area contributed by atoms with Crippen LogP contribution in [0.15, 0.2) is 22.7 Å². The summed E-state index contributed by atoms with van der Waals surface area (Å²) in [4.78, 5) is 0. The number of ether oxygens (including phenoxy) is 2. The molecule has 0 aliphatic rings. The molecule has 0 aliphatic carbocycles. The third-order valence-corrected chi connectivity index (χ3v) is 4.85. The molecule has 1 aromatic carbocycles. The van der Waals surface area contributed by atoms with Gasteiger partial charge in [-0.25, -0.2) is 8.42 Å². The zero-order valence-corrected chi connectivity index (χ0v) is 13.5. The number of hydrogen-bond acceptors (Lipinski definition) is 4. The Bertz CT molecular complexity index is 572. The van der Waals surface area contributed by atoms with Gasteiger partial charge in [-0.3, -0.25) is 0 Å². The summed E-state index contributed by atoms with van der Waals surface area (Å²) in [5, 5.41) is 0. The Morgan fingerprint density at radius 3 is 2.48 bits per heavy atom. The van der Waals surface area contributed by atoms with Crippen molar-refractivity contribution in [3.05, 3.63) is 22.7 Å². The predicted octanol–water partition coefficient (Wildman–Crippen LogP) is 3.55. The summed E-state index contributed by atoms with van der Waals surface area (Å²) in [6.45, 7) is 1.72. The summed E-state index contributed by atoms with van der Waals surface area (Å²) >= 11 is 2.95. The molecule has 0 spiro atoms. The van der Waals surface area contributed by atoms with E-state index in [9.17, 15) is 21.6 Å². The average Bonchev–Trinajstić information content (AvgIpc) is 2.36. The quantitative estimate of drug-likeness (QED) is 0.668. The van der Waals surface area contributed by atoms with Crippen LogP contribution in [-0.2, 0) is 9.84 Å². The van der Waals surface area contributed by atoms with Gasteiger partial charge < -0.3 is 9.47 Å². The van der Waals surface area contributed by atoms with Crippen molar-refractivity contribution < 1.29 is 31.1 Å². The zero-order chi connectivity index (χ0) is 16.1. The molecule has 0 saturated heterocycles. The van der Waals surface area contributed by atoms with Crippen LogP contribution in [0.4, 0.5) is 13.2 Å². The topological polar surface area (TPSA) is 52.6 Å². The summed E-state index contributed by atoms with van der Waals surface area (Å²) < 4.78 is 67.9. The minimum Gasteiger partial charge on any atom is -0.494 e. The lowest BCUT2D eigenvalue weighted by atomic mass is 10.3. The molecule has 0 saturated carbocycles. The van der Waals surface area contributed by atoms with Gasteiger partial charge >= 0.3 is 6.36 Å². The standard InChI is InChI=1S/C12H14BrF3O4S/c1-2-21(17,18)7-3-6-19-9-4-5-11(10(13)8-9)20-12(14,15)16/h4-5,8H,2-3,6-7H2,1H3. The number of sulfone groups is 1. The van der Waals surface area contributed by atoms with Gasteiger partial charge in [0.1, 0.15) is 21.3 Å². The van der Waals surface area contributed by atoms with Crippen molar-refractivity contribution in [1.29, 1.82) is 0 Å². The first-order valence-electron chi connectivity index (χ1n) is 6.01. The largest absolute Gasteiger partial charge is 0.573 e. The Kier molecular flexibility index (Phi) is 6.33. The molecule has 21 heavy (non-hydrogen) atoms. The molecule has 0 aromatic heterocycles. The molecule has 0 amide bonds. The molecule has 0 atom stereocenters.